The fourth-order valence-electron chi connectivity index (χ4n) is 4.86. The largest absolute Gasteiger partial charge is 0.480 e. The highest BCUT2D eigenvalue weighted by Crippen LogP contribution is 2.37. The summed E-state index contributed by atoms with van der Waals surface area (Å²) in [5, 5.41) is 57.6. The molecule has 3 amide bonds. The molecule has 20 nitrogen and oxygen atoms in total. The predicted octanol–water partition coefficient (Wildman–Crippen LogP) is -3.73. The Bertz CT molecular complexity index is 1170. The van der Waals surface area contributed by atoms with Crippen LogP contribution in [0.3, 0.4) is 0 Å². The van der Waals surface area contributed by atoms with Crippen molar-refractivity contribution in [3.8, 4) is 0 Å². The molecule has 0 unspecified atom stereocenters. The quantitative estimate of drug-likeness (QED) is 0.0635. The van der Waals surface area contributed by atoms with Crippen LogP contribution >= 0.6 is 0 Å². The van der Waals surface area contributed by atoms with Crippen LogP contribution in [0.5, 0.6) is 0 Å². The van der Waals surface area contributed by atoms with Crippen LogP contribution in [0.25, 0.3) is 0 Å². The standard InChI is InChI=1S/C26H41N5O15/c1-10(31-26-20(28-12(3)32)19(45-11(2)22(36)37)18(34)16(46-26)9-44-26)21(35)30-15(25(42)43)7-8-17(33)29-14(24(40)41)6-4-5-13(27)23(38)39/h10-11,13-16,18-20,31,34H,4-9,27H2,1-3H3,(H,28,32)(H,29,33)(H,30,35)(H,36,37)(H,38,39)(H,40,41)(H,42,43)/t10-,11+,13+,14-,15+,16+,18+,19-,20+,26-/m0/s1. The fourth-order valence-corrected chi connectivity index (χ4v) is 4.86. The molecule has 2 bridgehead atoms. The first-order valence-corrected chi connectivity index (χ1v) is 14.3. The summed E-state index contributed by atoms with van der Waals surface area (Å²) >= 11 is 0. The minimum absolute atomic E-state index is 0.0341. The van der Waals surface area contributed by atoms with Crippen LogP contribution in [0, 0.1) is 0 Å². The third-order valence-electron chi connectivity index (χ3n) is 7.36. The van der Waals surface area contributed by atoms with Crippen LogP contribution in [0.2, 0.25) is 0 Å². The number of ether oxygens (including phenoxy) is 3. The van der Waals surface area contributed by atoms with Crippen molar-refractivity contribution in [2.75, 3.05) is 6.61 Å². The number of nitrogens with two attached hydrogens (primary N) is 1. The lowest BCUT2D eigenvalue weighted by molar-refractivity contribution is -0.283. The lowest BCUT2D eigenvalue weighted by atomic mass is 9.94. The maximum absolute atomic E-state index is 13.1. The molecule has 46 heavy (non-hydrogen) atoms. The van der Waals surface area contributed by atoms with Gasteiger partial charge in [-0.3, -0.25) is 24.5 Å². The molecule has 20 heteroatoms. The molecule has 0 aromatic carbocycles. The van der Waals surface area contributed by atoms with Crippen LogP contribution in [-0.2, 0) is 47.8 Å². The zero-order valence-electron chi connectivity index (χ0n) is 25.3. The average molecular weight is 664 g/mol. The van der Waals surface area contributed by atoms with Crippen molar-refractivity contribution in [3.63, 3.8) is 0 Å². The zero-order valence-corrected chi connectivity index (χ0v) is 25.3. The molecule has 0 radical (unpaired) electrons. The SMILES string of the molecule is CC(=O)N[C@@H]1[C@@H](O[C@H](C)C(=O)O)[C@H](O)[C@H]2CO[C@]1(N[C@@H](C)C(=O)N[C@H](CCC(=O)N[C@@H](CCC[C@@H](N)C(=O)O)C(=O)O)C(=O)O)O2. The number of aliphatic carboxylic acids is 4. The summed E-state index contributed by atoms with van der Waals surface area (Å²) in [6.45, 7) is 3.41. The van der Waals surface area contributed by atoms with E-state index in [4.69, 9.17) is 25.1 Å². The lowest BCUT2D eigenvalue weighted by Crippen LogP contribution is -2.74. The molecule has 0 aliphatic carbocycles. The molecule has 0 aromatic heterocycles. The van der Waals surface area contributed by atoms with E-state index in [0.717, 1.165) is 6.92 Å². The normalized spacial score (nSPS) is 26.9. The van der Waals surface area contributed by atoms with Crippen molar-refractivity contribution in [1.29, 1.82) is 0 Å². The van der Waals surface area contributed by atoms with Gasteiger partial charge in [-0.15, -0.1) is 0 Å². The molecule has 10 atom stereocenters. The second-order valence-corrected chi connectivity index (χ2v) is 11.0. The van der Waals surface area contributed by atoms with Gasteiger partial charge in [0.2, 0.25) is 17.7 Å². The van der Waals surface area contributed by atoms with E-state index >= 15 is 0 Å². The molecular formula is C26H41N5O15. The van der Waals surface area contributed by atoms with Gasteiger partial charge >= 0.3 is 23.9 Å². The molecule has 0 aromatic rings. The van der Waals surface area contributed by atoms with E-state index in [1.54, 1.807) is 0 Å². The number of carbonyl (C=O) groups excluding carboxylic acids is 3. The second kappa shape index (κ2) is 16.6. The minimum Gasteiger partial charge on any atom is -0.480 e. The van der Waals surface area contributed by atoms with Gasteiger partial charge in [-0.25, -0.2) is 14.4 Å². The number of carboxylic acids is 4. The first-order chi connectivity index (χ1) is 21.4. The molecule has 0 spiro atoms. The molecule has 260 valence electrons. The Balaban J connectivity index is 2.06. The molecule has 2 rings (SSSR count). The highest BCUT2D eigenvalue weighted by atomic mass is 16.8. The molecular weight excluding hydrogens is 622 g/mol. The Morgan fingerprint density at radius 3 is 2.07 bits per heavy atom. The lowest BCUT2D eigenvalue weighted by Gasteiger charge is -2.46. The maximum Gasteiger partial charge on any atom is 0.332 e. The van der Waals surface area contributed by atoms with Gasteiger partial charge in [0.15, 0.2) is 6.10 Å². The van der Waals surface area contributed by atoms with E-state index in [1.165, 1.54) is 13.8 Å². The number of nitrogens with one attached hydrogen (secondary N) is 4. The summed E-state index contributed by atoms with van der Waals surface area (Å²) in [6.07, 6.45) is -6.31. The monoisotopic (exact) mass is 663 g/mol. The average Bonchev–Trinajstić information content (AvgIpc) is 3.35. The molecule has 2 aliphatic rings. The molecule has 2 heterocycles. The number of aliphatic hydroxyl groups excluding tert-OH is 1. The first kappa shape index (κ1) is 38.2. The van der Waals surface area contributed by atoms with Gasteiger partial charge in [-0.05, 0) is 39.5 Å². The summed E-state index contributed by atoms with van der Waals surface area (Å²) in [7, 11) is 0. The van der Waals surface area contributed by atoms with Gasteiger partial charge in [0.25, 0.3) is 5.91 Å². The van der Waals surface area contributed by atoms with E-state index in [0.29, 0.717) is 0 Å². The van der Waals surface area contributed by atoms with Gasteiger partial charge in [0.05, 0.1) is 12.6 Å². The van der Waals surface area contributed by atoms with Gasteiger partial charge < -0.3 is 61.4 Å². The Morgan fingerprint density at radius 2 is 1.52 bits per heavy atom. The topological polar surface area (TPSA) is 322 Å². The first-order valence-electron chi connectivity index (χ1n) is 14.3. The highest BCUT2D eigenvalue weighted by Gasteiger charge is 2.62. The minimum atomic E-state index is -2.01. The summed E-state index contributed by atoms with van der Waals surface area (Å²) in [5.74, 6) is -9.91. The molecule has 11 N–H and O–H groups in total. The molecule has 0 saturated carbocycles. The van der Waals surface area contributed by atoms with Crippen LogP contribution in [0.15, 0.2) is 0 Å². The Labute approximate surface area is 262 Å². The van der Waals surface area contributed by atoms with Crippen molar-refractivity contribution in [1.82, 2.24) is 21.3 Å². The zero-order chi connectivity index (χ0) is 34.9. The summed E-state index contributed by atoms with van der Waals surface area (Å²) in [5.41, 5.74) is 5.39. The highest BCUT2D eigenvalue weighted by molar-refractivity contribution is 5.88. The Morgan fingerprint density at radius 1 is 0.913 bits per heavy atom. The molecule has 2 fully saturated rings. The predicted molar refractivity (Wildman–Crippen MR) is 150 cm³/mol. The summed E-state index contributed by atoms with van der Waals surface area (Å²) in [4.78, 5) is 83.1. The number of carboxylic acid groups (broad SMARTS) is 4. The van der Waals surface area contributed by atoms with Crippen molar-refractivity contribution in [2.45, 2.75) is 113 Å². The van der Waals surface area contributed by atoms with Crippen LogP contribution < -0.4 is 27.0 Å². The van der Waals surface area contributed by atoms with Crippen LogP contribution in [0.4, 0.5) is 0 Å². The van der Waals surface area contributed by atoms with E-state index in [-0.39, 0.29) is 25.9 Å². The van der Waals surface area contributed by atoms with E-state index < -0.39 is 115 Å². The number of fused-ring (bicyclic) bond motifs is 2. The Kier molecular flexibility index (Phi) is 13.8. The number of aliphatic hydroxyl groups is 1. The van der Waals surface area contributed by atoms with Crippen molar-refractivity contribution in [3.05, 3.63) is 0 Å². The summed E-state index contributed by atoms with van der Waals surface area (Å²) in [6, 6.07) is -6.88. The Hall–Kier alpha value is -3.95. The van der Waals surface area contributed by atoms with Crippen molar-refractivity contribution < 1.29 is 73.3 Å². The van der Waals surface area contributed by atoms with E-state index in [9.17, 15) is 54.0 Å². The van der Waals surface area contributed by atoms with E-state index in [1.807, 2.05) is 0 Å². The summed E-state index contributed by atoms with van der Waals surface area (Å²) < 4.78 is 17.0. The number of hydrogen-bond donors (Lipinski definition) is 10. The smallest absolute Gasteiger partial charge is 0.332 e. The number of rotatable bonds is 19. The van der Waals surface area contributed by atoms with Crippen LogP contribution in [0.1, 0.15) is 52.9 Å². The number of carbonyl (C=O) groups is 7. The third kappa shape index (κ3) is 10.3. The third-order valence-corrected chi connectivity index (χ3v) is 7.36. The molecule has 2 saturated heterocycles. The van der Waals surface area contributed by atoms with Crippen molar-refractivity contribution in [2.24, 2.45) is 5.73 Å². The number of amides is 3. The van der Waals surface area contributed by atoms with E-state index in [2.05, 4.69) is 21.3 Å². The van der Waals surface area contributed by atoms with Gasteiger partial charge in [-0.2, -0.15) is 0 Å². The van der Waals surface area contributed by atoms with Gasteiger partial charge in [-0.1, -0.05) is 0 Å². The van der Waals surface area contributed by atoms with Crippen molar-refractivity contribution >= 4 is 41.6 Å². The molecule has 2 aliphatic heterocycles. The second-order valence-electron chi connectivity index (χ2n) is 11.0. The van der Waals surface area contributed by atoms with Gasteiger partial charge in [0, 0.05) is 13.3 Å². The maximum atomic E-state index is 13.1. The fraction of sp³-hybridized carbons (Fsp3) is 0.731. The number of hydrogen-bond acceptors (Lipinski definition) is 13. The van der Waals surface area contributed by atoms with Crippen LogP contribution in [-0.4, -0.2) is 134 Å². The van der Waals surface area contributed by atoms with Gasteiger partial charge in [0.1, 0.15) is 42.5 Å².